The number of non-ortho nitro benzene ring substituents is 1. The van der Waals surface area contributed by atoms with Crippen LogP contribution in [-0.4, -0.2) is 36.1 Å². The molecule has 0 spiro atoms. The SMILES string of the molecule is C[C@H](OC(=O)COc1ccc([N+](=O)[O-])cc1)C(=O)NCCc1ccccc1. The normalized spacial score (nSPS) is 11.3. The molecule has 27 heavy (non-hydrogen) atoms. The monoisotopic (exact) mass is 372 g/mol. The van der Waals surface area contributed by atoms with Crippen molar-refractivity contribution in [3.05, 3.63) is 70.3 Å². The van der Waals surface area contributed by atoms with Crippen molar-refractivity contribution in [3.8, 4) is 5.75 Å². The van der Waals surface area contributed by atoms with Crippen molar-refractivity contribution < 1.29 is 24.0 Å². The lowest BCUT2D eigenvalue weighted by Gasteiger charge is -2.14. The van der Waals surface area contributed by atoms with Crippen LogP contribution in [0.2, 0.25) is 0 Å². The maximum absolute atomic E-state index is 12.0. The number of ether oxygens (including phenoxy) is 2. The quantitative estimate of drug-likeness (QED) is 0.411. The van der Waals surface area contributed by atoms with Crippen molar-refractivity contribution in [1.29, 1.82) is 0 Å². The Morgan fingerprint density at radius 2 is 1.78 bits per heavy atom. The maximum Gasteiger partial charge on any atom is 0.344 e. The first kappa shape index (κ1) is 19.9. The summed E-state index contributed by atoms with van der Waals surface area (Å²) in [5.41, 5.74) is 1.02. The number of nitro groups is 1. The van der Waals surface area contributed by atoms with Gasteiger partial charge in [-0.15, -0.1) is 0 Å². The van der Waals surface area contributed by atoms with E-state index in [2.05, 4.69) is 5.32 Å². The summed E-state index contributed by atoms with van der Waals surface area (Å²) >= 11 is 0. The third-order valence-corrected chi connectivity index (χ3v) is 3.64. The van der Waals surface area contributed by atoms with Gasteiger partial charge in [-0.1, -0.05) is 30.3 Å². The lowest BCUT2D eigenvalue weighted by atomic mass is 10.1. The lowest BCUT2D eigenvalue weighted by Crippen LogP contribution is -2.37. The molecule has 0 heterocycles. The number of carbonyl (C=O) groups is 2. The number of hydrogen-bond acceptors (Lipinski definition) is 6. The summed E-state index contributed by atoms with van der Waals surface area (Å²) in [6.07, 6.45) is -0.273. The van der Waals surface area contributed by atoms with Gasteiger partial charge in [0.05, 0.1) is 4.92 Å². The Kier molecular flexibility index (Phi) is 7.30. The van der Waals surface area contributed by atoms with Crippen LogP contribution in [0.25, 0.3) is 0 Å². The number of nitrogens with one attached hydrogen (secondary N) is 1. The van der Waals surface area contributed by atoms with E-state index in [0.717, 1.165) is 5.56 Å². The van der Waals surface area contributed by atoms with Crippen LogP contribution in [0.3, 0.4) is 0 Å². The van der Waals surface area contributed by atoms with Gasteiger partial charge in [-0.2, -0.15) is 0 Å². The number of rotatable bonds is 9. The summed E-state index contributed by atoms with van der Waals surface area (Å²) in [5.74, 6) is -0.814. The zero-order valence-electron chi connectivity index (χ0n) is 14.8. The Labute approximate surface area is 156 Å². The highest BCUT2D eigenvalue weighted by molar-refractivity contribution is 5.83. The summed E-state index contributed by atoms with van der Waals surface area (Å²) in [6, 6.07) is 15.0. The molecule has 0 aromatic heterocycles. The zero-order valence-corrected chi connectivity index (χ0v) is 14.8. The molecule has 0 unspecified atom stereocenters. The molecule has 1 amide bonds. The van der Waals surface area contributed by atoms with Crippen LogP contribution in [0.5, 0.6) is 5.75 Å². The van der Waals surface area contributed by atoms with Crippen molar-refractivity contribution in [2.45, 2.75) is 19.4 Å². The van der Waals surface area contributed by atoms with Gasteiger partial charge < -0.3 is 14.8 Å². The minimum Gasteiger partial charge on any atom is -0.482 e. The highest BCUT2D eigenvalue weighted by Gasteiger charge is 2.17. The van der Waals surface area contributed by atoms with E-state index < -0.39 is 29.5 Å². The van der Waals surface area contributed by atoms with Gasteiger partial charge in [0, 0.05) is 18.7 Å². The molecule has 0 saturated heterocycles. The van der Waals surface area contributed by atoms with Gasteiger partial charge in [0.25, 0.3) is 11.6 Å². The smallest absolute Gasteiger partial charge is 0.344 e. The van der Waals surface area contributed by atoms with E-state index in [1.165, 1.54) is 31.2 Å². The highest BCUT2D eigenvalue weighted by atomic mass is 16.6. The van der Waals surface area contributed by atoms with E-state index in [1.807, 2.05) is 30.3 Å². The Balaban J connectivity index is 1.69. The van der Waals surface area contributed by atoms with E-state index in [-0.39, 0.29) is 11.4 Å². The van der Waals surface area contributed by atoms with Crippen LogP contribution in [-0.2, 0) is 20.7 Å². The van der Waals surface area contributed by atoms with Crippen molar-refractivity contribution in [2.75, 3.05) is 13.2 Å². The van der Waals surface area contributed by atoms with E-state index in [1.54, 1.807) is 0 Å². The van der Waals surface area contributed by atoms with Crippen molar-refractivity contribution in [1.82, 2.24) is 5.32 Å². The Bertz CT molecular complexity index is 777. The van der Waals surface area contributed by atoms with Crippen molar-refractivity contribution in [2.24, 2.45) is 0 Å². The minimum atomic E-state index is -0.950. The summed E-state index contributed by atoms with van der Waals surface area (Å²) in [5, 5.41) is 13.3. The first-order chi connectivity index (χ1) is 13.0. The molecule has 0 aliphatic heterocycles. The van der Waals surface area contributed by atoms with Crippen molar-refractivity contribution >= 4 is 17.6 Å². The second-order valence-electron chi connectivity index (χ2n) is 5.70. The van der Waals surface area contributed by atoms with Crippen LogP contribution in [0.15, 0.2) is 54.6 Å². The van der Waals surface area contributed by atoms with Gasteiger partial charge in [0.1, 0.15) is 5.75 Å². The molecule has 2 rings (SSSR count). The standard InChI is InChI=1S/C19H20N2O6/c1-14(19(23)20-12-11-15-5-3-2-4-6-15)27-18(22)13-26-17-9-7-16(8-10-17)21(24)25/h2-10,14H,11-13H2,1H3,(H,20,23)/t14-/m0/s1. The lowest BCUT2D eigenvalue weighted by molar-refractivity contribution is -0.384. The molecule has 1 atom stereocenters. The van der Waals surface area contributed by atoms with Crippen molar-refractivity contribution in [3.63, 3.8) is 0 Å². The van der Waals surface area contributed by atoms with Gasteiger partial charge >= 0.3 is 5.97 Å². The van der Waals surface area contributed by atoms with Gasteiger partial charge in [-0.25, -0.2) is 4.79 Å². The minimum absolute atomic E-state index is 0.0780. The predicted molar refractivity (Wildman–Crippen MR) is 97.3 cm³/mol. The summed E-state index contributed by atoms with van der Waals surface area (Å²) in [7, 11) is 0. The molecular formula is C19H20N2O6. The van der Waals surface area contributed by atoms with E-state index in [9.17, 15) is 19.7 Å². The fourth-order valence-corrected chi connectivity index (χ4v) is 2.21. The number of benzene rings is 2. The number of carbonyl (C=O) groups excluding carboxylic acids is 2. The van der Waals surface area contributed by atoms with E-state index >= 15 is 0 Å². The van der Waals surface area contributed by atoms with Crippen LogP contribution in [0.1, 0.15) is 12.5 Å². The molecule has 8 nitrogen and oxygen atoms in total. The van der Waals surface area contributed by atoms with Gasteiger partial charge in [-0.05, 0) is 31.0 Å². The molecular weight excluding hydrogens is 352 g/mol. The summed E-state index contributed by atoms with van der Waals surface area (Å²) < 4.78 is 10.2. The fraction of sp³-hybridized carbons (Fsp3) is 0.263. The van der Waals surface area contributed by atoms with Gasteiger partial charge in [0.15, 0.2) is 12.7 Å². The molecule has 0 fully saturated rings. The third-order valence-electron chi connectivity index (χ3n) is 3.64. The third kappa shape index (κ3) is 6.77. The molecule has 0 aliphatic carbocycles. The van der Waals surface area contributed by atoms with Crippen LogP contribution >= 0.6 is 0 Å². The summed E-state index contributed by atoms with van der Waals surface area (Å²) in [6.45, 7) is 1.51. The highest BCUT2D eigenvalue weighted by Crippen LogP contribution is 2.17. The number of nitrogens with zero attached hydrogens (tertiary/aromatic N) is 1. The summed E-state index contributed by atoms with van der Waals surface area (Å²) in [4.78, 5) is 33.8. The first-order valence-electron chi connectivity index (χ1n) is 8.34. The first-order valence-corrected chi connectivity index (χ1v) is 8.34. The molecule has 142 valence electrons. The molecule has 2 aromatic rings. The molecule has 1 N–H and O–H groups in total. The number of nitro benzene ring substituents is 1. The Morgan fingerprint density at radius 3 is 2.41 bits per heavy atom. The predicted octanol–water partition coefficient (Wildman–Crippen LogP) is 2.26. The average molecular weight is 372 g/mol. The van der Waals surface area contributed by atoms with Gasteiger partial charge in [-0.3, -0.25) is 14.9 Å². The Morgan fingerprint density at radius 1 is 1.11 bits per heavy atom. The Hall–Kier alpha value is -3.42. The second-order valence-corrected chi connectivity index (χ2v) is 5.70. The number of esters is 1. The molecule has 8 heteroatoms. The average Bonchev–Trinajstić information content (AvgIpc) is 2.67. The number of amides is 1. The zero-order chi connectivity index (χ0) is 19.6. The topological polar surface area (TPSA) is 108 Å². The van der Waals surface area contributed by atoms with Gasteiger partial charge in [0.2, 0.25) is 0 Å². The molecule has 0 radical (unpaired) electrons. The largest absolute Gasteiger partial charge is 0.482 e. The molecule has 2 aromatic carbocycles. The molecule has 0 aliphatic rings. The van der Waals surface area contributed by atoms with Crippen LogP contribution < -0.4 is 10.1 Å². The van der Waals surface area contributed by atoms with E-state index in [4.69, 9.17) is 9.47 Å². The van der Waals surface area contributed by atoms with Crippen LogP contribution in [0.4, 0.5) is 5.69 Å². The number of hydrogen-bond donors (Lipinski definition) is 1. The maximum atomic E-state index is 12.0. The van der Waals surface area contributed by atoms with E-state index in [0.29, 0.717) is 13.0 Å². The molecule has 0 saturated carbocycles. The molecule has 0 bridgehead atoms. The fourth-order valence-electron chi connectivity index (χ4n) is 2.21. The van der Waals surface area contributed by atoms with Crippen LogP contribution in [0, 0.1) is 10.1 Å². The second kappa shape index (κ2) is 9.91.